The van der Waals surface area contributed by atoms with Gasteiger partial charge in [-0.05, 0) is 0 Å². The van der Waals surface area contributed by atoms with Crippen molar-refractivity contribution in [2.24, 2.45) is 0 Å². The molecule has 0 saturated carbocycles. The van der Waals surface area contributed by atoms with Crippen molar-refractivity contribution in [3.05, 3.63) is 17.3 Å². The van der Waals surface area contributed by atoms with Crippen molar-refractivity contribution in [3.63, 3.8) is 0 Å². The van der Waals surface area contributed by atoms with Crippen LogP contribution in [-0.4, -0.2) is 11.3 Å². The van der Waals surface area contributed by atoms with Gasteiger partial charge in [0.1, 0.15) is 24.1 Å². The topological polar surface area (TPSA) is 71.9 Å². The summed E-state index contributed by atoms with van der Waals surface area (Å²) in [6, 6.07) is 1.39. The number of hydrogen-bond acceptors (Lipinski definition) is 4. The molecule has 2 N–H and O–H groups in total. The Morgan fingerprint density at radius 2 is 2.12 bits per heavy atom. The number of nitrogen functional groups attached to an aromatic ring is 1. The standard InChI is InChI=1S/C8H5F4N3O/c9-1-4-5(2-13)6(3-15-7(4)14)16-8(10,11)12/h3H,1H2,(H2,14,15). The minimum atomic E-state index is -4.98. The third-order valence-corrected chi connectivity index (χ3v) is 1.65. The highest BCUT2D eigenvalue weighted by molar-refractivity contribution is 5.56. The molecule has 0 bridgehead atoms. The van der Waals surface area contributed by atoms with Gasteiger partial charge in [0.15, 0.2) is 5.75 Å². The quantitative estimate of drug-likeness (QED) is 0.794. The molecule has 0 aromatic carbocycles. The average Bonchev–Trinajstić information content (AvgIpc) is 2.18. The molecule has 8 heteroatoms. The van der Waals surface area contributed by atoms with Crippen LogP contribution in [0.5, 0.6) is 5.75 Å². The fraction of sp³-hybridized carbons (Fsp3) is 0.250. The number of nitrogens with zero attached hydrogens (tertiary/aromatic N) is 2. The van der Waals surface area contributed by atoms with Crippen LogP contribution in [0.25, 0.3) is 0 Å². The number of halogens is 4. The van der Waals surface area contributed by atoms with Gasteiger partial charge >= 0.3 is 6.36 Å². The second-order valence-electron chi connectivity index (χ2n) is 2.65. The van der Waals surface area contributed by atoms with Gasteiger partial charge in [-0.3, -0.25) is 0 Å². The zero-order chi connectivity index (χ0) is 12.3. The van der Waals surface area contributed by atoms with Gasteiger partial charge in [-0.25, -0.2) is 9.37 Å². The second-order valence-corrected chi connectivity index (χ2v) is 2.65. The molecule has 0 unspecified atom stereocenters. The minimum Gasteiger partial charge on any atom is -0.403 e. The lowest BCUT2D eigenvalue weighted by Gasteiger charge is -2.12. The number of nitriles is 1. The molecule has 86 valence electrons. The van der Waals surface area contributed by atoms with Crippen molar-refractivity contribution in [3.8, 4) is 11.8 Å². The Morgan fingerprint density at radius 3 is 2.56 bits per heavy atom. The third kappa shape index (κ3) is 2.50. The molecule has 0 amide bonds. The molecule has 0 aliphatic heterocycles. The maximum absolute atomic E-state index is 12.4. The predicted octanol–water partition coefficient (Wildman–Crippen LogP) is 1.90. The molecular weight excluding hydrogens is 230 g/mol. The van der Waals surface area contributed by atoms with Gasteiger partial charge in [-0.1, -0.05) is 0 Å². The third-order valence-electron chi connectivity index (χ3n) is 1.65. The number of ether oxygens (including phenoxy) is 1. The van der Waals surface area contributed by atoms with Crippen LogP contribution < -0.4 is 10.5 Å². The molecule has 0 aliphatic rings. The van der Waals surface area contributed by atoms with E-state index < -0.39 is 29.9 Å². The molecule has 1 rings (SSSR count). The van der Waals surface area contributed by atoms with Gasteiger partial charge < -0.3 is 10.5 Å². The SMILES string of the molecule is N#Cc1c(OC(F)(F)F)cnc(N)c1CF. The second kappa shape index (κ2) is 4.22. The van der Waals surface area contributed by atoms with Crippen molar-refractivity contribution >= 4 is 5.82 Å². The van der Waals surface area contributed by atoms with Crippen molar-refractivity contribution in [1.82, 2.24) is 4.98 Å². The number of hydrogen-bond donors (Lipinski definition) is 1. The van der Waals surface area contributed by atoms with E-state index in [1.807, 2.05) is 0 Å². The van der Waals surface area contributed by atoms with E-state index in [1.54, 1.807) is 0 Å². The summed E-state index contributed by atoms with van der Waals surface area (Å²) in [5.41, 5.74) is 4.18. The average molecular weight is 235 g/mol. The number of rotatable bonds is 2. The molecule has 1 aromatic rings. The lowest BCUT2D eigenvalue weighted by molar-refractivity contribution is -0.274. The highest BCUT2D eigenvalue weighted by Crippen LogP contribution is 2.29. The highest BCUT2D eigenvalue weighted by Gasteiger charge is 2.33. The first-order chi connectivity index (χ1) is 7.39. The summed E-state index contributed by atoms with van der Waals surface area (Å²) in [6.07, 6.45) is -4.35. The summed E-state index contributed by atoms with van der Waals surface area (Å²) in [5, 5.41) is 8.60. The van der Waals surface area contributed by atoms with Crippen LogP contribution in [0.4, 0.5) is 23.4 Å². The molecule has 1 aromatic heterocycles. The Kier molecular flexibility index (Phi) is 3.17. The molecule has 0 saturated heterocycles. The van der Waals surface area contributed by atoms with Gasteiger partial charge in [0.25, 0.3) is 0 Å². The molecule has 0 radical (unpaired) electrons. The Morgan fingerprint density at radius 1 is 1.50 bits per heavy atom. The van der Waals surface area contributed by atoms with Crippen molar-refractivity contribution in [1.29, 1.82) is 5.26 Å². The fourth-order valence-electron chi connectivity index (χ4n) is 1.01. The number of pyridine rings is 1. The molecule has 1 heterocycles. The maximum Gasteiger partial charge on any atom is 0.573 e. The lowest BCUT2D eigenvalue weighted by atomic mass is 10.1. The first-order valence-electron chi connectivity index (χ1n) is 3.88. The molecule has 0 atom stereocenters. The van der Waals surface area contributed by atoms with E-state index in [2.05, 4.69) is 9.72 Å². The zero-order valence-corrected chi connectivity index (χ0v) is 7.68. The first-order valence-corrected chi connectivity index (χ1v) is 3.88. The monoisotopic (exact) mass is 235 g/mol. The van der Waals surface area contributed by atoms with E-state index in [1.165, 1.54) is 6.07 Å². The summed E-state index contributed by atoms with van der Waals surface area (Å²) < 4.78 is 51.7. The molecule has 0 fully saturated rings. The van der Waals surface area contributed by atoms with E-state index >= 15 is 0 Å². The maximum atomic E-state index is 12.4. The summed E-state index contributed by atoms with van der Waals surface area (Å²) in [4.78, 5) is 3.30. The van der Waals surface area contributed by atoms with Crippen molar-refractivity contribution in [2.75, 3.05) is 5.73 Å². The number of alkyl halides is 4. The molecular formula is C8H5F4N3O. The molecule has 0 aliphatic carbocycles. The smallest absolute Gasteiger partial charge is 0.403 e. The Balaban J connectivity index is 3.27. The van der Waals surface area contributed by atoms with E-state index in [4.69, 9.17) is 11.0 Å². The lowest BCUT2D eigenvalue weighted by Crippen LogP contribution is -2.18. The van der Waals surface area contributed by atoms with Gasteiger partial charge in [0.05, 0.1) is 6.20 Å². The summed E-state index contributed by atoms with van der Waals surface area (Å²) in [5.74, 6) is -1.20. The zero-order valence-electron chi connectivity index (χ0n) is 7.68. The number of aromatic nitrogens is 1. The first kappa shape index (κ1) is 12.0. The van der Waals surface area contributed by atoms with Gasteiger partial charge in [-0.2, -0.15) is 5.26 Å². The Bertz CT molecular complexity index is 438. The van der Waals surface area contributed by atoms with Gasteiger partial charge in [0, 0.05) is 5.56 Å². The molecule has 0 spiro atoms. The summed E-state index contributed by atoms with van der Waals surface area (Å²) in [6.45, 7) is -1.20. The van der Waals surface area contributed by atoms with Crippen LogP contribution in [0, 0.1) is 11.3 Å². The Hall–Kier alpha value is -2.04. The van der Waals surface area contributed by atoms with Crippen LogP contribution in [0.1, 0.15) is 11.1 Å². The van der Waals surface area contributed by atoms with Crippen LogP contribution in [0.15, 0.2) is 6.20 Å². The largest absolute Gasteiger partial charge is 0.573 e. The summed E-state index contributed by atoms with van der Waals surface area (Å²) in [7, 11) is 0. The molecule has 16 heavy (non-hydrogen) atoms. The van der Waals surface area contributed by atoms with Crippen LogP contribution >= 0.6 is 0 Å². The Labute approximate surface area is 87.3 Å². The molecule has 4 nitrogen and oxygen atoms in total. The fourth-order valence-corrected chi connectivity index (χ4v) is 1.01. The number of nitrogens with two attached hydrogens (primary N) is 1. The minimum absolute atomic E-state index is 0.339. The van der Waals surface area contributed by atoms with E-state index in [0.29, 0.717) is 6.20 Å². The van der Waals surface area contributed by atoms with E-state index in [0.717, 1.165) is 0 Å². The van der Waals surface area contributed by atoms with E-state index in [9.17, 15) is 17.6 Å². The number of anilines is 1. The highest BCUT2D eigenvalue weighted by atomic mass is 19.4. The van der Waals surface area contributed by atoms with Crippen LogP contribution in [0.3, 0.4) is 0 Å². The van der Waals surface area contributed by atoms with Crippen molar-refractivity contribution < 1.29 is 22.3 Å². The van der Waals surface area contributed by atoms with E-state index in [-0.39, 0.29) is 5.82 Å². The summed E-state index contributed by atoms with van der Waals surface area (Å²) >= 11 is 0. The van der Waals surface area contributed by atoms with Crippen LogP contribution in [0.2, 0.25) is 0 Å². The predicted molar refractivity (Wildman–Crippen MR) is 44.9 cm³/mol. The van der Waals surface area contributed by atoms with Crippen molar-refractivity contribution in [2.45, 2.75) is 13.0 Å². The van der Waals surface area contributed by atoms with Gasteiger partial charge in [-0.15, -0.1) is 13.2 Å². The van der Waals surface area contributed by atoms with Gasteiger partial charge in [0.2, 0.25) is 0 Å². The normalized spacial score (nSPS) is 10.9. The van der Waals surface area contributed by atoms with Crippen LogP contribution in [-0.2, 0) is 6.67 Å².